The predicted octanol–water partition coefficient (Wildman–Crippen LogP) is 1.22. The van der Waals surface area contributed by atoms with Gasteiger partial charge in [-0.15, -0.1) is 0 Å². The molecule has 2 heterocycles. The van der Waals surface area contributed by atoms with E-state index < -0.39 is 65.6 Å². The Bertz CT molecular complexity index is 866. The molecular formula is C17H15F4N3O4. The molecule has 4 N–H and O–H groups in total. The number of carbonyl (C=O) groups excluding carboxylic acids is 2. The van der Waals surface area contributed by atoms with Gasteiger partial charge in [-0.05, 0) is 30.5 Å². The zero-order chi connectivity index (χ0) is 20.8. The number of β-lactam (4-membered cyclic amide) rings is 1. The van der Waals surface area contributed by atoms with Crippen molar-refractivity contribution in [3.63, 3.8) is 0 Å². The number of hydrogen-bond donors (Lipinski definition) is 3. The third-order valence-corrected chi connectivity index (χ3v) is 4.79. The first kappa shape index (κ1) is 19.8. The van der Waals surface area contributed by atoms with E-state index in [1.165, 1.54) is 12.1 Å². The van der Waals surface area contributed by atoms with Gasteiger partial charge >= 0.3 is 12.1 Å². The van der Waals surface area contributed by atoms with E-state index in [0.717, 1.165) is 12.1 Å². The summed E-state index contributed by atoms with van der Waals surface area (Å²) in [5.74, 6) is -4.13. The molecule has 0 unspecified atom stereocenters. The highest BCUT2D eigenvalue weighted by atomic mass is 19.4. The molecule has 1 fully saturated rings. The van der Waals surface area contributed by atoms with E-state index >= 15 is 0 Å². The van der Waals surface area contributed by atoms with Crippen LogP contribution in [-0.2, 0) is 14.4 Å². The maximum atomic E-state index is 13.1. The largest absolute Gasteiger partial charge is 0.477 e. The van der Waals surface area contributed by atoms with Crippen LogP contribution in [0.1, 0.15) is 24.4 Å². The van der Waals surface area contributed by atoms with Gasteiger partial charge in [-0.2, -0.15) is 13.2 Å². The molecule has 3 atom stereocenters. The molecule has 2 aliphatic heterocycles. The fraction of sp³-hybridized carbons (Fsp3) is 0.353. The Hall–Kier alpha value is -2.95. The summed E-state index contributed by atoms with van der Waals surface area (Å²) < 4.78 is 52.1. The Balaban J connectivity index is 1.77. The molecular weight excluding hydrogens is 386 g/mol. The lowest BCUT2D eigenvalue weighted by Crippen LogP contribution is -2.72. The summed E-state index contributed by atoms with van der Waals surface area (Å²) >= 11 is 0. The van der Waals surface area contributed by atoms with Gasteiger partial charge < -0.3 is 16.2 Å². The smallest absolute Gasteiger partial charge is 0.414 e. The summed E-state index contributed by atoms with van der Waals surface area (Å²) in [5.41, 5.74) is 3.66. The molecule has 2 amide bonds. The van der Waals surface area contributed by atoms with Crippen LogP contribution in [0.25, 0.3) is 0 Å². The first-order chi connectivity index (χ1) is 13.0. The zero-order valence-corrected chi connectivity index (χ0v) is 14.2. The minimum Gasteiger partial charge on any atom is -0.477 e. The molecule has 1 aromatic rings. The van der Waals surface area contributed by atoms with Crippen molar-refractivity contribution in [1.29, 1.82) is 0 Å². The fourth-order valence-electron chi connectivity index (χ4n) is 3.40. The van der Waals surface area contributed by atoms with Gasteiger partial charge in [-0.25, -0.2) is 9.18 Å². The molecule has 150 valence electrons. The molecule has 0 saturated carbocycles. The summed E-state index contributed by atoms with van der Waals surface area (Å²) in [6, 6.07) is 1.46. The molecule has 0 radical (unpaired) electrons. The summed E-state index contributed by atoms with van der Waals surface area (Å²) in [6.07, 6.45) is -5.62. The Morgan fingerprint density at radius 3 is 2.39 bits per heavy atom. The van der Waals surface area contributed by atoms with E-state index in [1.54, 1.807) is 0 Å². The van der Waals surface area contributed by atoms with Gasteiger partial charge in [0.2, 0.25) is 5.91 Å². The number of carboxylic acids is 1. The number of aliphatic carboxylic acids is 1. The lowest BCUT2D eigenvalue weighted by Gasteiger charge is -2.50. The monoisotopic (exact) mass is 401 g/mol. The predicted molar refractivity (Wildman–Crippen MR) is 85.8 cm³/mol. The Morgan fingerprint density at radius 2 is 1.86 bits per heavy atom. The van der Waals surface area contributed by atoms with Gasteiger partial charge in [0.1, 0.15) is 23.6 Å². The topological polar surface area (TPSA) is 113 Å². The first-order valence-electron chi connectivity index (χ1n) is 8.20. The van der Waals surface area contributed by atoms with Crippen LogP contribution in [0.5, 0.6) is 0 Å². The lowest BCUT2D eigenvalue weighted by molar-refractivity contribution is -0.159. The van der Waals surface area contributed by atoms with Crippen molar-refractivity contribution in [2.24, 2.45) is 5.73 Å². The van der Waals surface area contributed by atoms with Crippen LogP contribution in [0.15, 0.2) is 35.5 Å². The zero-order valence-electron chi connectivity index (χ0n) is 14.2. The number of nitrogens with one attached hydrogen (secondary N) is 1. The van der Waals surface area contributed by atoms with Crippen LogP contribution in [0.3, 0.4) is 0 Å². The Kier molecular flexibility index (Phi) is 4.88. The second-order valence-electron chi connectivity index (χ2n) is 6.46. The van der Waals surface area contributed by atoms with Crippen LogP contribution in [0.2, 0.25) is 0 Å². The highest BCUT2D eigenvalue weighted by Crippen LogP contribution is 2.42. The van der Waals surface area contributed by atoms with Crippen molar-refractivity contribution < 1.29 is 37.1 Å². The molecule has 1 aromatic carbocycles. The van der Waals surface area contributed by atoms with Crippen molar-refractivity contribution in [3.05, 3.63) is 46.9 Å². The van der Waals surface area contributed by atoms with E-state index in [1.807, 2.05) is 0 Å². The molecule has 0 spiro atoms. The Morgan fingerprint density at radius 1 is 1.25 bits per heavy atom. The van der Waals surface area contributed by atoms with Gasteiger partial charge in [0.25, 0.3) is 5.91 Å². The van der Waals surface area contributed by atoms with E-state index in [2.05, 4.69) is 5.32 Å². The summed E-state index contributed by atoms with van der Waals surface area (Å²) in [5, 5.41) is 11.5. The number of carboxylic acid groups (broad SMARTS) is 1. The molecule has 1 saturated heterocycles. The quantitative estimate of drug-likeness (QED) is 0.519. The van der Waals surface area contributed by atoms with Crippen LogP contribution in [0.4, 0.5) is 17.6 Å². The first-order valence-corrected chi connectivity index (χ1v) is 8.20. The molecule has 0 bridgehead atoms. The minimum absolute atomic E-state index is 0.159. The number of rotatable bonds is 4. The van der Waals surface area contributed by atoms with Crippen LogP contribution in [0, 0.1) is 5.82 Å². The van der Waals surface area contributed by atoms with Crippen molar-refractivity contribution in [1.82, 2.24) is 10.2 Å². The summed E-state index contributed by atoms with van der Waals surface area (Å²) in [7, 11) is 0. The summed E-state index contributed by atoms with van der Waals surface area (Å²) in [6.45, 7) is 0. The van der Waals surface area contributed by atoms with Crippen LogP contribution < -0.4 is 11.1 Å². The molecule has 0 aliphatic carbocycles. The Labute approximate surface area is 155 Å². The average molecular weight is 401 g/mol. The second-order valence-corrected chi connectivity index (χ2v) is 6.46. The SMILES string of the molecule is N[C@@H](C(=O)N[C@@H]1C(=O)N2C(C(=O)O)=C(C(F)(F)F)CC[C@H]12)c1ccc(F)cc1. The van der Waals surface area contributed by atoms with Crippen molar-refractivity contribution in [2.75, 3.05) is 0 Å². The number of alkyl halides is 3. The van der Waals surface area contributed by atoms with E-state index in [9.17, 15) is 31.9 Å². The van der Waals surface area contributed by atoms with Gasteiger partial charge in [0, 0.05) is 0 Å². The minimum atomic E-state index is -4.88. The van der Waals surface area contributed by atoms with Gasteiger partial charge in [0.15, 0.2) is 0 Å². The number of fused-ring (bicyclic) bond motifs is 1. The van der Waals surface area contributed by atoms with E-state index in [4.69, 9.17) is 10.8 Å². The standard InChI is InChI=1S/C17H15F4N3O4/c18-8-3-1-7(2-4-8)11(22)14(25)23-12-10-6-5-9(17(19,20)21)13(16(27)28)24(10)15(12)26/h1-4,10-12H,5-6,22H2,(H,23,25)(H,27,28)/t10-,11-,12+/m1/s1. The number of hydrogen-bond acceptors (Lipinski definition) is 4. The average Bonchev–Trinajstić information content (AvgIpc) is 2.63. The molecule has 0 aromatic heterocycles. The van der Waals surface area contributed by atoms with Crippen LogP contribution in [-0.4, -0.2) is 46.1 Å². The molecule has 2 aliphatic rings. The van der Waals surface area contributed by atoms with Crippen molar-refractivity contribution >= 4 is 17.8 Å². The number of amides is 2. The number of allylic oxidation sites excluding steroid dienone is 1. The van der Waals surface area contributed by atoms with Crippen LogP contribution >= 0.6 is 0 Å². The van der Waals surface area contributed by atoms with Gasteiger partial charge in [0.05, 0.1) is 11.6 Å². The number of carbonyl (C=O) groups is 3. The number of halogens is 4. The second kappa shape index (κ2) is 6.89. The normalized spacial score (nSPS) is 23.0. The highest BCUT2D eigenvalue weighted by Gasteiger charge is 2.56. The summed E-state index contributed by atoms with van der Waals surface area (Å²) in [4.78, 5) is 36.4. The van der Waals surface area contributed by atoms with Crippen molar-refractivity contribution in [2.45, 2.75) is 37.1 Å². The maximum absolute atomic E-state index is 13.1. The van der Waals surface area contributed by atoms with E-state index in [-0.39, 0.29) is 12.0 Å². The highest BCUT2D eigenvalue weighted by molar-refractivity contribution is 6.02. The van der Waals surface area contributed by atoms with Gasteiger partial charge in [-0.3, -0.25) is 14.5 Å². The molecule has 28 heavy (non-hydrogen) atoms. The number of nitrogens with zero attached hydrogens (tertiary/aromatic N) is 1. The third kappa shape index (κ3) is 3.33. The van der Waals surface area contributed by atoms with Crippen molar-refractivity contribution in [3.8, 4) is 0 Å². The number of benzene rings is 1. The lowest BCUT2D eigenvalue weighted by atomic mass is 9.83. The third-order valence-electron chi connectivity index (χ3n) is 4.79. The molecule has 7 nitrogen and oxygen atoms in total. The molecule has 11 heteroatoms. The maximum Gasteiger partial charge on any atom is 0.414 e. The number of nitrogens with two attached hydrogens (primary N) is 1. The fourth-order valence-corrected chi connectivity index (χ4v) is 3.40. The van der Waals surface area contributed by atoms with Gasteiger partial charge in [-0.1, -0.05) is 12.1 Å². The van der Waals surface area contributed by atoms with E-state index in [0.29, 0.717) is 4.90 Å². The molecule has 3 rings (SSSR count).